The first-order valence-electron chi connectivity index (χ1n) is 7.64. The molecule has 4 heteroatoms. The molecule has 0 radical (unpaired) electrons. The highest BCUT2D eigenvalue weighted by molar-refractivity contribution is 5.33. The second-order valence-corrected chi connectivity index (χ2v) is 5.97. The topological polar surface area (TPSA) is 33.1 Å². The first-order chi connectivity index (χ1) is 10.2. The number of likely N-dealkylation sites (N-methyl/N-ethyl adjacent to an activating group) is 1. The summed E-state index contributed by atoms with van der Waals surface area (Å²) < 4.78 is 2.25. The molecule has 0 saturated carbocycles. The van der Waals surface area contributed by atoms with Crippen molar-refractivity contribution in [1.29, 1.82) is 0 Å². The Morgan fingerprint density at radius 2 is 2.14 bits per heavy atom. The van der Waals surface area contributed by atoms with Gasteiger partial charge in [0.2, 0.25) is 0 Å². The Labute approximate surface area is 126 Å². The Morgan fingerprint density at radius 3 is 2.90 bits per heavy atom. The van der Waals surface area contributed by atoms with Crippen molar-refractivity contribution in [3.8, 4) is 0 Å². The van der Waals surface area contributed by atoms with E-state index in [4.69, 9.17) is 0 Å². The van der Waals surface area contributed by atoms with Crippen molar-refractivity contribution in [2.24, 2.45) is 0 Å². The SMILES string of the molecule is CNC(CN1CCn2ccnc2C1)c1ccc(C)cc1C. The number of hydrogen-bond donors (Lipinski definition) is 1. The van der Waals surface area contributed by atoms with Crippen LogP contribution < -0.4 is 5.32 Å². The fourth-order valence-electron chi connectivity index (χ4n) is 3.20. The number of rotatable bonds is 4. The molecule has 0 aliphatic carbocycles. The van der Waals surface area contributed by atoms with Crippen molar-refractivity contribution in [3.63, 3.8) is 0 Å². The van der Waals surface area contributed by atoms with Gasteiger partial charge >= 0.3 is 0 Å². The molecule has 3 rings (SSSR count). The van der Waals surface area contributed by atoms with Crippen LogP contribution in [-0.2, 0) is 13.1 Å². The summed E-state index contributed by atoms with van der Waals surface area (Å²) in [4.78, 5) is 6.93. The molecular formula is C17H24N4. The monoisotopic (exact) mass is 284 g/mol. The number of fused-ring (bicyclic) bond motifs is 1. The van der Waals surface area contributed by atoms with Crippen LogP contribution >= 0.6 is 0 Å². The molecule has 1 aliphatic rings. The predicted molar refractivity (Wildman–Crippen MR) is 85.2 cm³/mol. The van der Waals surface area contributed by atoms with Gasteiger partial charge in [-0.25, -0.2) is 4.98 Å². The standard InChI is InChI=1S/C17H24N4/c1-13-4-5-15(14(2)10-13)16(18-3)11-20-8-9-21-7-6-19-17(21)12-20/h4-7,10,16,18H,8-9,11-12H2,1-3H3. The lowest BCUT2D eigenvalue weighted by Crippen LogP contribution is -2.39. The lowest BCUT2D eigenvalue weighted by molar-refractivity contribution is 0.197. The number of nitrogens with one attached hydrogen (secondary N) is 1. The quantitative estimate of drug-likeness (QED) is 0.935. The van der Waals surface area contributed by atoms with Gasteiger partial charge < -0.3 is 9.88 Å². The van der Waals surface area contributed by atoms with Crippen LogP contribution in [0.1, 0.15) is 28.6 Å². The highest BCUT2D eigenvalue weighted by Crippen LogP contribution is 2.21. The molecule has 112 valence electrons. The summed E-state index contributed by atoms with van der Waals surface area (Å²) in [5, 5.41) is 3.47. The predicted octanol–water partition coefficient (Wildman–Crippen LogP) is 2.28. The zero-order chi connectivity index (χ0) is 14.8. The molecule has 1 aromatic heterocycles. The van der Waals surface area contributed by atoms with E-state index in [1.54, 1.807) is 0 Å². The Hall–Kier alpha value is -1.65. The van der Waals surface area contributed by atoms with Gasteiger partial charge in [0.15, 0.2) is 0 Å². The number of imidazole rings is 1. The van der Waals surface area contributed by atoms with Gasteiger partial charge in [0.1, 0.15) is 5.82 Å². The molecule has 21 heavy (non-hydrogen) atoms. The first kappa shape index (κ1) is 14.3. The fourth-order valence-corrected chi connectivity index (χ4v) is 3.20. The molecule has 0 saturated heterocycles. The van der Waals surface area contributed by atoms with Gasteiger partial charge in [0, 0.05) is 38.1 Å². The lowest BCUT2D eigenvalue weighted by atomic mass is 9.98. The van der Waals surface area contributed by atoms with Crippen LogP contribution in [0.4, 0.5) is 0 Å². The van der Waals surface area contributed by atoms with Crippen molar-refractivity contribution in [2.75, 3.05) is 20.1 Å². The lowest BCUT2D eigenvalue weighted by Gasteiger charge is -2.31. The van der Waals surface area contributed by atoms with Crippen LogP contribution in [0.5, 0.6) is 0 Å². The van der Waals surface area contributed by atoms with E-state index in [0.29, 0.717) is 6.04 Å². The number of aromatic nitrogens is 2. The smallest absolute Gasteiger partial charge is 0.122 e. The largest absolute Gasteiger partial charge is 0.333 e. The van der Waals surface area contributed by atoms with Gasteiger partial charge in [-0.3, -0.25) is 4.90 Å². The van der Waals surface area contributed by atoms with Crippen LogP contribution in [0.3, 0.4) is 0 Å². The fraction of sp³-hybridized carbons (Fsp3) is 0.471. The third-order valence-electron chi connectivity index (χ3n) is 4.41. The van der Waals surface area contributed by atoms with Crippen molar-refractivity contribution in [3.05, 3.63) is 53.1 Å². The molecule has 0 bridgehead atoms. The summed E-state index contributed by atoms with van der Waals surface area (Å²) >= 11 is 0. The van der Waals surface area contributed by atoms with E-state index in [0.717, 1.165) is 26.2 Å². The highest BCUT2D eigenvalue weighted by atomic mass is 15.2. The van der Waals surface area contributed by atoms with E-state index >= 15 is 0 Å². The molecule has 0 fully saturated rings. The summed E-state index contributed by atoms with van der Waals surface area (Å²) in [6.45, 7) is 8.44. The van der Waals surface area contributed by atoms with Gasteiger partial charge in [-0.05, 0) is 32.0 Å². The Kier molecular flexibility index (Phi) is 4.08. The molecule has 2 aromatic rings. The summed E-state index contributed by atoms with van der Waals surface area (Å²) in [5.41, 5.74) is 4.09. The summed E-state index contributed by atoms with van der Waals surface area (Å²) in [7, 11) is 2.05. The van der Waals surface area contributed by atoms with E-state index in [9.17, 15) is 0 Å². The zero-order valence-corrected chi connectivity index (χ0v) is 13.1. The van der Waals surface area contributed by atoms with Gasteiger partial charge in [-0.1, -0.05) is 23.8 Å². The van der Waals surface area contributed by atoms with E-state index in [2.05, 4.69) is 65.1 Å². The minimum Gasteiger partial charge on any atom is -0.333 e. The Bertz CT molecular complexity index is 617. The van der Waals surface area contributed by atoms with Crippen molar-refractivity contribution >= 4 is 0 Å². The molecule has 2 heterocycles. The maximum Gasteiger partial charge on any atom is 0.122 e. The number of nitrogens with zero attached hydrogens (tertiary/aromatic N) is 3. The highest BCUT2D eigenvalue weighted by Gasteiger charge is 2.21. The number of hydrogen-bond acceptors (Lipinski definition) is 3. The van der Waals surface area contributed by atoms with E-state index in [1.165, 1.54) is 22.5 Å². The van der Waals surface area contributed by atoms with Crippen LogP contribution in [0.15, 0.2) is 30.6 Å². The van der Waals surface area contributed by atoms with Crippen LogP contribution in [0.25, 0.3) is 0 Å². The number of aryl methyl sites for hydroxylation is 2. The number of benzene rings is 1. The molecule has 1 atom stereocenters. The van der Waals surface area contributed by atoms with Crippen LogP contribution in [0, 0.1) is 13.8 Å². The average Bonchev–Trinajstić information content (AvgIpc) is 2.93. The maximum atomic E-state index is 4.44. The third-order valence-corrected chi connectivity index (χ3v) is 4.41. The van der Waals surface area contributed by atoms with E-state index in [-0.39, 0.29) is 0 Å². The summed E-state index contributed by atoms with van der Waals surface area (Å²) in [6, 6.07) is 7.10. The van der Waals surface area contributed by atoms with Crippen molar-refractivity contribution < 1.29 is 0 Å². The third kappa shape index (κ3) is 3.01. The van der Waals surface area contributed by atoms with Crippen LogP contribution in [0.2, 0.25) is 0 Å². The summed E-state index contributed by atoms with van der Waals surface area (Å²) in [6.07, 6.45) is 3.98. The molecule has 4 nitrogen and oxygen atoms in total. The molecule has 1 aliphatic heterocycles. The van der Waals surface area contributed by atoms with E-state index < -0.39 is 0 Å². The second-order valence-electron chi connectivity index (χ2n) is 5.97. The molecule has 1 N–H and O–H groups in total. The van der Waals surface area contributed by atoms with Gasteiger partial charge in [-0.15, -0.1) is 0 Å². The van der Waals surface area contributed by atoms with Gasteiger partial charge in [-0.2, -0.15) is 0 Å². The average molecular weight is 284 g/mol. The Morgan fingerprint density at radius 1 is 1.29 bits per heavy atom. The molecule has 0 amide bonds. The first-order valence-corrected chi connectivity index (χ1v) is 7.64. The molecule has 1 unspecified atom stereocenters. The molecule has 0 spiro atoms. The van der Waals surface area contributed by atoms with E-state index in [1.807, 2.05) is 6.20 Å². The maximum absolute atomic E-state index is 4.44. The minimum atomic E-state index is 0.368. The van der Waals surface area contributed by atoms with Crippen molar-refractivity contribution in [1.82, 2.24) is 19.8 Å². The summed E-state index contributed by atoms with van der Waals surface area (Å²) in [5.74, 6) is 1.18. The second kappa shape index (κ2) is 6.00. The van der Waals surface area contributed by atoms with Crippen molar-refractivity contribution in [2.45, 2.75) is 33.0 Å². The zero-order valence-electron chi connectivity index (χ0n) is 13.1. The van der Waals surface area contributed by atoms with Gasteiger partial charge in [0.05, 0.1) is 6.54 Å². The molecular weight excluding hydrogens is 260 g/mol. The normalized spacial score (nSPS) is 16.7. The van der Waals surface area contributed by atoms with Crippen LogP contribution in [-0.4, -0.2) is 34.6 Å². The Balaban J connectivity index is 1.73. The molecule has 1 aromatic carbocycles. The van der Waals surface area contributed by atoms with Gasteiger partial charge in [0.25, 0.3) is 0 Å². The minimum absolute atomic E-state index is 0.368.